The molecule has 0 spiro atoms. The summed E-state index contributed by atoms with van der Waals surface area (Å²) in [5.74, 6) is 1.17. The van der Waals surface area contributed by atoms with Crippen LogP contribution in [0.5, 0.6) is 0 Å². The Hall–Kier alpha value is -2.57. The lowest BCUT2D eigenvalue weighted by atomic mass is 9.96. The second-order valence-corrected chi connectivity index (χ2v) is 9.09. The topological polar surface area (TPSA) is 78.5 Å². The summed E-state index contributed by atoms with van der Waals surface area (Å²) in [6.45, 7) is 7.48. The van der Waals surface area contributed by atoms with E-state index in [-0.39, 0.29) is 17.9 Å². The fourth-order valence-corrected chi connectivity index (χ4v) is 4.34. The molecule has 2 atom stereocenters. The number of ether oxygens (including phenoxy) is 1. The van der Waals surface area contributed by atoms with Crippen LogP contribution in [0.1, 0.15) is 58.2 Å². The van der Waals surface area contributed by atoms with Gasteiger partial charge in [-0.05, 0) is 58.6 Å². The van der Waals surface area contributed by atoms with Gasteiger partial charge in [0.25, 0.3) is 0 Å². The number of amides is 2. The van der Waals surface area contributed by atoms with Gasteiger partial charge in [-0.15, -0.1) is 0 Å². The number of hydrogen-bond donors (Lipinski definition) is 1. The van der Waals surface area contributed by atoms with E-state index in [0.717, 1.165) is 42.7 Å². The molecule has 0 aliphatic carbocycles. The lowest BCUT2D eigenvalue weighted by molar-refractivity contribution is -0.137. The average Bonchev–Trinajstić information content (AvgIpc) is 3.33. The van der Waals surface area contributed by atoms with Crippen molar-refractivity contribution in [3.8, 4) is 0 Å². The standard InChI is InChI=1S/C22H30N4O3/c1-22(2,3)29-21(28)26-13-7-11-18(26)20(27)25-12-6-8-15(14-25)19-23-16-9-4-5-10-17(16)24-19/h4-5,9-10,15,18H,6-8,11-14H2,1-3H3,(H,23,24)/t15-,18-/m0/s1. The van der Waals surface area contributed by atoms with Gasteiger partial charge >= 0.3 is 6.09 Å². The summed E-state index contributed by atoms with van der Waals surface area (Å²) in [5.41, 5.74) is 1.42. The first-order chi connectivity index (χ1) is 13.8. The highest BCUT2D eigenvalue weighted by atomic mass is 16.6. The summed E-state index contributed by atoms with van der Waals surface area (Å²) < 4.78 is 5.51. The van der Waals surface area contributed by atoms with Crippen molar-refractivity contribution >= 4 is 23.0 Å². The molecule has 7 heteroatoms. The van der Waals surface area contributed by atoms with Gasteiger partial charge in [-0.1, -0.05) is 12.1 Å². The summed E-state index contributed by atoms with van der Waals surface area (Å²) in [7, 11) is 0. The van der Waals surface area contributed by atoms with E-state index in [4.69, 9.17) is 9.72 Å². The van der Waals surface area contributed by atoms with Gasteiger partial charge in [0.15, 0.2) is 0 Å². The highest BCUT2D eigenvalue weighted by Crippen LogP contribution is 2.29. The van der Waals surface area contributed by atoms with Crippen LogP contribution >= 0.6 is 0 Å². The largest absolute Gasteiger partial charge is 0.444 e. The smallest absolute Gasteiger partial charge is 0.410 e. The van der Waals surface area contributed by atoms with Crippen LogP contribution in [0.3, 0.4) is 0 Å². The van der Waals surface area contributed by atoms with Crippen LogP contribution < -0.4 is 0 Å². The Kier molecular flexibility index (Phi) is 5.23. The number of piperidine rings is 1. The Bertz CT molecular complexity index is 868. The molecule has 2 fully saturated rings. The van der Waals surface area contributed by atoms with E-state index in [1.54, 1.807) is 4.90 Å². The van der Waals surface area contributed by atoms with Crippen molar-refractivity contribution in [1.29, 1.82) is 0 Å². The monoisotopic (exact) mass is 398 g/mol. The quantitative estimate of drug-likeness (QED) is 0.837. The van der Waals surface area contributed by atoms with Crippen molar-refractivity contribution in [2.24, 2.45) is 0 Å². The van der Waals surface area contributed by atoms with Gasteiger partial charge < -0.3 is 14.6 Å². The van der Waals surface area contributed by atoms with Crippen molar-refractivity contribution in [2.75, 3.05) is 19.6 Å². The number of benzene rings is 1. The normalized spacial score (nSPS) is 22.9. The molecule has 0 radical (unpaired) electrons. The number of fused-ring (bicyclic) bond motifs is 1. The zero-order valence-electron chi connectivity index (χ0n) is 17.5. The first-order valence-corrected chi connectivity index (χ1v) is 10.5. The molecule has 2 saturated heterocycles. The van der Waals surface area contributed by atoms with Crippen molar-refractivity contribution in [2.45, 2.75) is 64.0 Å². The zero-order valence-corrected chi connectivity index (χ0v) is 17.5. The van der Waals surface area contributed by atoms with Crippen molar-refractivity contribution < 1.29 is 14.3 Å². The fraction of sp³-hybridized carbons (Fsp3) is 0.591. The van der Waals surface area contributed by atoms with Crippen molar-refractivity contribution in [3.63, 3.8) is 0 Å². The molecule has 0 bridgehead atoms. The van der Waals surface area contributed by atoms with Crippen molar-refractivity contribution in [1.82, 2.24) is 19.8 Å². The first kappa shape index (κ1) is 19.7. The van der Waals surface area contributed by atoms with Crippen molar-refractivity contribution in [3.05, 3.63) is 30.1 Å². The maximum absolute atomic E-state index is 13.3. The van der Waals surface area contributed by atoms with Crippen LogP contribution in [0.4, 0.5) is 4.79 Å². The number of aromatic nitrogens is 2. The average molecular weight is 399 g/mol. The van der Waals surface area contributed by atoms with Crippen LogP contribution in [0.25, 0.3) is 11.0 Å². The number of likely N-dealkylation sites (tertiary alicyclic amines) is 2. The number of imidazole rings is 1. The van der Waals surface area contributed by atoms with Gasteiger partial charge in [0.05, 0.1) is 11.0 Å². The maximum Gasteiger partial charge on any atom is 0.410 e. The Morgan fingerprint density at radius 1 is 1.14 bits per heavy atom. The predicted molar refractivity (Wildman–Crippen MR) is 111 cm³/mol. The molecule has 2 aliphatic heterocycles. The third-order valence-electron chi connectivity index (χ3n) is 5.69. The van der Waals surface area contributed by atoms with E-state index in [1.807, 2.05) is 49.9 Å². The number of carbonyl (C=O) groups is 2. The summed E-state index contributed by atoms with van der Waals surface area (Å²) in [5, 5.41) is 0. The molecule has 1 N–H and O–H groups in total. The minimum atomic E-state index is -0.565. The third kappa shape index (κ3) is 4.23. The van der Waals surface area contributed by atoms with Crippen LogP contribution in [0, 0.1) is 0 Å². The molecule has 29 heavy (non-hydrogen) atoms. The van der Waals surface area contributed by atoms with E-state index >= 15 is 0 Å². The molecule has 1 aromatic carbocycles. The zero-order chi connectivity index (χ0) is 20.6. The van der Waals surface area contributed by atoms with E-state index < -0.39 is 11.6 Å². The highest BCUT2D eigenvalue weighted by Gasteiger charge is 2.40. The van der Waals surface area contributed by atoms with E-state index in [9.17, 15) is 9.59 Å². The Labute approximate surface area is 171 Å². The number of nitrogens with one attached hydrogen (secondary N) is 1. The highest BCUT2D eigenvalue weighted by molar-refractivity contribution is 5.86. The summed E-state index contributed by atoms with van der Waals surface area (Å²) in [4.78, 5) is 37.5. The minimum absolute atomic E-state index is 0.0363. The molecule has 156 valence electrons. The maximum atomic E-state index is 13.3. The van der Waals surface area contributed by atoms with Gasteiger partial charge in [-0.25, -0.2) is 9.78 Å². The van der Waals surface area contributed by atoms with Crippen LogP contribution in [0.2, 0.25) is 0 Å². The van der Waals surface area contributed by atoms with Crippen LogP contribution in [-0.4, -0.2) is 63.0 Å². The van der Waals surface area contributed by atoms with Gasteiger partial charge in [-0.3, -0.25) is 9.69 Å². The lowest BCUT2D eigenvalue weighted by Gasteiger charge is -2.36. The second kappa shape index (κ2) is 7.69. The number of nitrogens with zero attached hydrogens (tertiary/aromatic N) is 3. The SMILES string of the molecule is CC(C)(C)OC(=O)N1CCC[C@H]1C(=O)N1CCC[C@H](c2nc3ccccc3[nH]2)C1. The molecule has 2 aliphatic rings. The Balaban J connectivity index is 1.46. The molecule has 0 unspecified atom stereocenters. The molecule has 0 saturated carbocycles. The van der Waals surface area contributed by atoms with Gasteiger partial charge in [0, 0.05) is 25.6 Å². The number of hydrogen-bond acceptors (Lipinski definition) is 4. The summed E-state index contributed by atoms with van der Waals surface area (Å²) >= 11 is 0. The molecule has 2 aromatic rings. The Morgan fingerprint density at radius 2 is 1.90 bits per heavy atom. The Morgan fingerprint density at radius 3 is 2.66 bits per heavy atom. The summed E-state index contributed by atoms with van der Waals surface area (Å²) in [6.07, 6.45) is 3.08. The van der Waals surface area contributed by atoms with E-state index in [2.05, 4.69) is 4.98 Å². The van der Waals surface area contributed by atoms with Crippen LogP contribution in [-0.2, 0) is 9.53 Å². The molecular weight excluding hydrogens is 368 g/mol. The summed E-state index contributed by atoms with van der Waals surface area (Å²) in [6, 6.07) is 7.58. The third-order valence-corrected chi connectivity index (χ3v) is 5.69. The van der Waals surface area contributed by atoms with Gasteiger partial charge in [0.2, 0.25) is 5.91 Å². The molecule has 7 nitrogen and oxygen atoms in total. The molecule has 3 heterocycles. The second-order valence-electron chi connectivity index (χ2n) is 9.09. The predicted octanol–water partition coefficient (Wildman–Crippen LogP) is 3.67. The molecule has 2 amide bonds. The number of H-pyrrole nitrogens is 1. The number of rotatable bonds is 2. The van der Waals surface area contributed by atoms with Gasteiger partial charge in [-0.2, -0.15) is 0 Å². The lowest BCUT2D eigenvalue weighted by Crippen LogP contribution is -2.51. The molecular formula is C22H30N4O3. The number of para-hydroxylation sites is 2. The molecule has 4 rings (SSSR count). The van der Waals surface area contributed by atoms with E-state index in [1.165, 1.54) is 0 Å². The fourth-order valence-electron chi connectivity index (χ4n) is 4.34. The van der Waals surface area contributed by atoms with E-state index in [0.29, 0.717) is 19.5 Å². The van der Waals surface area contributed by atoms with Crippen LogP contribution in [0.15, 0.2) is 24.3 Å². The number of carbonyl (C=O) groups excluding carboxylic acids is 2. The molecule has 1 aromatic heterocycles. The van der Waals surface area contributed by atoms with Gasteiger partial charge in [0.1, 0.15) is 17.5 Å². The number of aromatic amines is 1. The minimum Gasteiger partial charge on any atom is -0.444 e. The first-order valence-electron chi connectivity index (χ1n) is 10.5.